The highest BCUT2D eigenvalue weighted by atomic mass is 19.4. The quantitative estimate of drug-likeness (QED) is 0.205. The molecular formula is C26H27F4N7O3. The fraction of sp³-hybridized carbons (Fsp3) is 0.346. The third kappa shape index (κ3) is 7.00. The molecule has 1 aliphatic heterocycles. The molecule has 2 unspecified atom stereocenters. The number of anilines is 2. The Balaban J connectivity index is 1.26. The van der Waals surface area contributed by atoms with Gasteiger partial charge in [-0.05, 0) is 18.9 Å². The Bertz CT molecular complexity index is 1430. The number of carbonyl (C=O) groups is 1. The molecule has 0 saturated heterocycles. The first-order valence-corrected chi connectivity index (χ1v) is 12.4. The Morgan fingerprint density at radius 1 is 1.23 bits per heavy atom. The van der Waals surface area contributed by atoms with Gasteiger partial charge in [-0.2, -0.15) is 18.3 Å². The van der Waals surface area contributed by atoms with Gasteiger partial charge in [0.15, 0.2) is 0 Å². The fourth-order valence-corrected chi connectivity index (χ4v) is 4.24. The molecule has 0 radical (unpaired) electrons. The number of hydrogen-bond acceptors (Lipinski definition) is 8. The number of nitrogens with one attached hydrogen (secondary N) is 3. The molecular weight excluding hydrogens is 534 g/mol. The molecule has 0 aliphatic carbocycles. The smallest absolute Gasteiger partial charge is 0.378 e. The SMILES string of the molecule is CC(CONC(=O)CC1=CCN(c2ncc(-c3ccccc3F)cn2)CC1C)Nc1cn[nH]c(=O)c1C(F)(F)F. The number of halogens is 4. The van der Waals surface area contributed by atoms with E-state index in [-0.39, 0.29) is 24.8 Å². The van der Waals surface area contributed by atoms with E-state index in [4.69, 9.17) is 4.84 Å². The number of H-pyrrole nitrogens is 1. The monoisotopic (exact) mass is 561 g/mol. The van der Waals surface area contributed by atoms with Crippen LogP contribution >= 0.6 is 0 Å². The van der Waals surface area contributed by atoms with E-state index in [0.29, 0.717) is 30.2 Å². The molecule has 14 heteroatoms. The molecule has 1 aromatic carbocycles. The summed E-state index contributed by atoms with van der Waals surface area (Å²) in [6, 6.07) is 5.70. The Morgan fingerprint density at radius 3 is 2.62 bits per heavy atom. The van der Waals surface area contributed by atoms with Crippen LogP contribution < -0.4 is 21.3 Å². The van der Waals surface area contributed by atoms with Crippen LogP contribution in [0.4, 0.5) is 29.2 Å². The van der Waals surface area contributed by atoms with Crippen LogP contribution in [-0.4, -0.2) is 51.8 Å². The number of aromatic amines is 1. The zero-order valence-electron chi connectivity index (χ0n) is 21.6. The predicted molar refractivity (Wildman–Crippen MR) is 139 cm³/mol. The van der Waals surface area contributed by atoms with Gasteiger partial charge in [-0.3, -0.25) is 14.4 Å². The van der Waals surface area contributed by atoms with Crippen molar-refractivity contribution in [1.82, 2.24) is 25.6 Å². The van der Waals surface area contributed by atoms with Crippen LogP contribution in [-0.2, 0) is 15.8 Å². The number of hydroxylamine groups is 1. The van der Waals surface area contributed by atoms with Gasteiger partial charge < -0.3 is 10.2 Å². The van der Waals surface area contributed by atoms with Gasteiger partial charge >= 0.3 is 6.18 Å². The molecule has 0 bridgehead atoms. The lowest BCUT2D eigenvalue weighted by atomic mass is 9.94. The molecule has 3 aromatic rings. The summed E-state index contributed by atoms with van der Waals surface area (Å²) in [4.78, 5) is 39.9. The lowest BCUT2D eigenvalue weighted by molar-refractivity contribution is -0.138. The van der Waals surface area contributed by atoms with E-state index in [2.05, 4.69) is 25.9 Å². The first-order valence-electron chi connectivity index (χ1n) is 12.4. The van der Waals surface area contributed by atoms with Crippen molar-refractivity contribution < 1.29 is 27.2 Å². The average molecular weight is 562 g/mol. The normalized spacial score (nSPS) is 16.3. The van der Waals surface area contributed by atoms with Crippen molar-refractivity contribution in [2.45, 2.75) is 32.5 Å². The second-order valence-electron chi connectivity index (χ2n) is 9.38. The van der Waals surface area contributed by atoms with Crippen LogP contribution in [0.25, 0.3) is 11.1 Å². The number of alkyl halides is 3. The third-order valence-corrected chi connectivity index (χ3v) is 6.23. The fourth-order valence-electron chi connectivity index (χ4n) is 4.24. The van der Waals surface area contributed by atoms with Crippen LogP contribution in [0.1, 0.15) is 25.8 Å². The number of benzene rings is 1. The lowest BCUT2D eigenvalue weighted by Crippen LogP contribution is -2.37. The summed E-state index contributed by atoms with van der Waals surface area (Å²) in [6.07, 6.45) is 1.11. The Morgan fingerprint density at radius 2 is 1.95 bits per heavy atom. The summed E-state index contributed by atoms with van der Waals surface area (Å²) in [5, 5.41) is 7.69. The maximum Gasteiger partial charge on any atom is 0.423 e. The van der Waals surface area contributed by atoms with Crippen molar-refractivity contribution >= 4 is 17.5 Å². The number of hydrogen-bond donors (Lipinski definition) is 3. The zero-order valence-corrected chi connectivity index (χ0v) is 21.6. The highest BCUT2D eigenvalue weighted by molar-refractivity contribution is 5.77. The van der Waals surface area contributed by atoms with Gasteiger partial charge in [0.1, 0.15) is 11.4 Å². The lowest BCUT2D eigenvalue weighted by Gasteiger charge is -2.31. The molecule has 2 atom stereocenters. The van der Waals surface area contributed by atoms with Gasteiger partial charge in [-0.25, -0.2) is 24.9 Å². The molecule has 10 nitrogen and oxygen atoms in total. The standard InChI is InChI=1S/C26H27F4N7O3/c1-15-13-37(25-31-10-18(11-32-25)19-5-3-4-6-20(19)27)8-7-17(15)9-22(38)36-40-14-16(2)34-21-12-33-35-24(39)23(21)26(28,29)30/h3-7,10-12,15-16H,8-9,13-14H2,1-2H3,(H,36,38)(H2,34,35,39). The van der Waals surface area contributed by atoms with Gasteiger partial charge in [-0.15, -0.1) is 0 Å². The number of amides is 1. The van der Waals surface area contributed by atoms with Gasteiger partial charge in [0, 0.05) is 42.7 Å². The van der Waals surface area contributed by atoms with Crippen LogP contribution in [0.3, 0.4) is 0 Å². The topological polar surface area (TPSA) is 125 Å². The molecule has 0 fully saturated rings. The second kappa shape index (κ2) is 12.2. The van der Waals surface area contributed by atoms with E-state index in [0.717, 1.165) is 11.8 Å². The number of nitrogens with zero attached hydrogens (tertiary/aromatic N) is 4. The van der Waals surface area contributed by atoms with Gasteiger partial charge in [0.2, 0.25) is 11.9 Å². The molecule has 0 spiro atoms. The van der Waals surface area contributed by atoms with Crippen molar-refractivity contribution in [1.29, 1.82) is 0 Å². The van der Waals surface area contributed by atoms with E-state index >= 15 is 0 Å². The van der Waals surface area contributed by atoms with E-state index in [1.807, 2.05) is 17.9 Å². The minimum absolute atomic E-state index is 0.000559. The van der Waals surface area contributed by atoms with Gasteiger partial charge in [0.05, 0.1) is 24.9 Å². The molecule has 1 aliphatic rings. The Kier molecular flexibility index (Phi) is 8.77. The summed E-state index contributed by atoms with van der Waals surface area (Å²) in [5.74, 6) is -0.287. The van der Waals surface area contributed by atoms with E-state index in [9.17, 15) is 27.2 Å². The maximum absolute atomic E-state index is 14.0. The minimum atomic E-state index is -4.87. The zero-order chi connectivity index (χ0) is 28.9. The number of rotatable bonds is 9. The molecule has 40 heavy (non-hydrogen) atoms. The largest absolute Gasteiger partial charge is 0.423 e. The summed E-state index contributed by atoms with van der Waals surface area (Å²) in [6.45, 7) is 4.35. The van der Waals surface area contributed by atoms with Gasteiger partial charge in [0.25, 0.3) is 5.56 Å². The summed E-state index contributed by atoms with van der Waals surface area (Å²) < 4.78 is 53.6. The molecule has 4 rings (SSSR count). The molecule has 1 amide bonds. The molecule has 2 aromatic heterocycles. The first-order chi connectivity index (χ1) is 19.0. The van der Waals surface area contributed by atoms with Gasteiger partial charge in [-0.1, -0.05) is 36.8 Å². The van der Waals surface area contributed by atoms with Crippen molar-refractivity contribution in [3.05, 3.63) is 76.2 Å². The molecule has 3 heterocycles. The van der Waals surface area contributed by atoms with Crippen molar-refractivity contribution in [3.63, 3.8) is 0 Å². The molecule has 212 valence electrons. The molecule has 0 saturated carbocycles. The van der Waals surface area contributed by atoms with E-state index < -0.39 is 34.9 Å². The second-order valence-corrected chi connectivity index (χ2v) is 9.38. The summed E-state index contributed by atoms with van der Waals surface area (Å²) in [5.41, 5.74) is 0.924. The van der Waals surface area contributed by atoms with E-state index in [1.54, 1.807) is 35.7 Å². The number of carbonyl (C=O) groups excluding carboxylic acids is 1. The summed E-state index contributed by atoms with van der Waals surface area (Å²) in [7, 11) is 0. The van der Waals surface area contributed by atoms with Crippen LogP contribution in [0.5, 0.6) is 0 Å². The van der Waals surface area contributed by atoms with Crippen LogP contribution in [0, 0.1) is 11.7 Å². The predicted octanol–water partition coefficient (Wildman–Crippen LogP) is 3.71. The van der Waals surface area contributed by atoms with Crippen molar-refractivity contribution in [2.75, 3.05) is 29.9 Å². The Labute approximate surface area is 226 Å². The minimum Gasteiger partial charge on any atom is -0.378 e. The maximum atomic E-state index is 14.0. The molecule has 3 N–H and O–H groups in total. The number of aromatic nitrogens is 4. The third-order valence-electron chi connectivity index (χ3n) is 6.23. The Hall–Kier alpha value is -4.33. The van der Waals surface area contributed by atoms with Crippen molar-refractivity contribution in [2.24, 2.45) is 5.92 Å². The summed E-state index contributed by atoms with van der Waals surface area (Å²) >= 11 is 0. The first kappa shape index (κ1) is 28.7. The van der Waals surface area contributed by atoms with Crippen LogP contribution in [0.2, 0.25) is 0 Å². The van der Waals surface area contributed by atoms with E-state index in [1.165, 1.54) is 13.0 Å². The van der Waals surface area contributed by atoms with Crippen molar-refractivity contribution in [3.8, 4) is 11.1 Å². The van der Waals surface area contributed by atoms with Crippen LogP contribution in [0.15, 0.2) is 59.3 Å². The highest BCUT2D eigenvalue weighted by Crippen LogP contribution is 2.31. The highest BCUT2D eigenvalue weighted by Gasteiger charge is 2.37. The average Bonchev–Trinajstić information content (AvgIpc) is 2.89.